The van der Waals surface area contributed by atoms with Gasteiger partial charge in [-0.1, -0.05) is 68.6 Å². The Hall–Kier alpha value is -1.18. The van der Waals surface area contributed by atoms with Crippen LogP contribution in [0.3, 0.4) is 0 Å². The molecule has 0 aliphatic heterocycles. The molecule has 0 radical (unpaired) electrons. The summed E-state index contributed by atoms with van der Waals surface area (Å²) in [5, 5.41) is 0. The Labute approximate surface area is 213 Å². The number of alkyl halides is 2. The van der Waals surface area contributed by atoms with Crippen molar-refractivity contribution in [3.63, 3.8) is 0 Å². The lowest BCUT2D eigenvalue weighted by Crippen LogP contribution is -2.27. The van der Waals surface area contributed by atoms with Crippen molar-refractivity contribution in [3.05, 3.63) is 46.6 Å². The maximum Gasteiger partial charge on any atom is 0.125 e. The van der Waals surface area contributed by atoms with Crippen molar-refractivity contribution in [1.82, 2.24) is 0 Å². The van der Waals surface area contributed by atoms with Crippen molar-refractivity contribution < 1.29 is 8.78 Å². The SMILES string of the molecule is CCC1CCC(C2=CC=C(C3CCC(C4=CC=C(C5CCC(C)CC5)CC4F)CC3)CC2F)CC1. The molecule has 5 rings (SSSR count). The minimum absolute atomic E-state index is 0.385. The van der Waals surface area contributed by atoms with Crippen molar-refractivity contribution in [3.8, 4) is 0 Å². The molecule has 0 bridgehead atoms. The number of hydrogen-bond acceptors (Lipinski definition) is 0. The van der Waals surface area contributed by atoms with Crippen molar-refractivity contribution in [2.24, 2.45) is 35.5 Å². The molecule has 3 saturated carbocycles. The fraction of sp³-hybridized carbons (Fsp3) is 0.758. The van der Waals surface area contributed by atoms with E-state index in [9.17, 15) is 0 Å². The van der Waals surface area contributed by atoms with Gasteiger partial charge in [0.1, 0.15) is 12.3 Å². The summed E-state index contributed by atoms with van der Waals surface area (Å²) in [6.07, 6.45) is 24.1. The van der Waals surface area contributed by atoms with E-state index in [1.54, 1.807) is 0 Å². The molecule has 2 heteroatoms. The third-order valence-electron chi connectivity index (χ3n) is 10.7. The summed E-state index contributed by atoms with van der Waals surface area (Å²) in [5.74, 6) is 3.66. The lowest BCUT2D eigenvalue weighted by molar-refractivity contribution is 0.247. The van der Waals surface area contributed by atoms with E-state index < -0.39 is 12.3 Å². The summed E-state index contributed by atoms with van der Waals surface area (Å²) >= 11 is 0. The van der Waals surface area contributed by atoms with Crippen molar-refractivity contribution in [2.75, 3.05) is 0 Å². The standard InChI is InChI=1S/C33H48F2/c1-3-23-6-10-26(11-7-23)30-18-17-29(21-32(30)34)25-12-14-27(15-13-25)31-19-16-28(20-33(31)35)24-8-4-22(2)5-9-24/h16-19,22-27,32-33H,3-15,20-21H2,1-2H3. The van der Waals surface area contributed by atoms with Gasteiger partial charge in [-0.25, -0.2) is 8.78 Å². The van der Waals surface area contributed by atoms with E-state index in [0.717, 1.165) is 48.7 Å². The Bertz CT molecular complexity index is 836. The summed E-state index contributed by atoms with van der Waals surface area (Å²) in [6.45, 7) is 4.64. The Morgan fingerprint density at radius 1 is 0.571 bits per heavy atom. The van der Waals surface area contributed by atoms with Crippen LogP contribution in [0.5, 0.6) is 0 Å². The lowest BCUT2D eigenvalue weighted by atomic mass is 9.69. The van der Waals surface area contributed by atoms with Crippen molar-refractivity contribution >= 4 is 0 Å². The topological polar surface area (TPSA) is 0 Å². The lowest BCUT2D eigenvalue weighted by Gasteiger charge is -2.37. The normalized spacial score (nSPS) is 40.9. The molecule has 2 unspecified atom stereocenters. The summed E-state index contributed by atoms with van der Waals surface area (Å²) in [6, 6.07) is 0. The molecule has 0 amide bonds. The molecule has 3 fully saturated rings. The second-order valence-corrected chi connectivity index (χ2v) is 12.8. The minimum Gasteiger partial charge on any atom is -0.242 e. The zero-order valence-electron chi connectivity index (χ0n) is 22.3. The van der Waals surface area contributed by atoms with E-state index in [1.165, 1.54) is 68.9 Å². The van der Waals surface area contributed by atoms with Gasteiger partial charge in [0.15, 0.2) is 0 Å². The highest BCUT2D eigenvalue weighted by molar-refractivity contribution is 5.33. The summed E-state index contributed by atoms with van der Waals surface area (Å²) < 4.78 is 30.6. The van der Waals surface area contributed by atoms with Crippen LogP contribution in [0, 0.1) is 35.5 Å². The monoisotopic (exact) mass is 482 g/mol. The third kappa shape index (κ3) is 5.88. The van der Waals surface area contributed by atoms with Crippen molar-refractivity contribution in [1.29, 1.82) is 0 Å². The van der Waals surface area contributed by atoms with Gasteiger partial charge in [0.2, 0.25) is 0 Å². The minimum atomic E-state index is -0.784. The van der Waals surface area contributed by atoms with Crippen LogP contribution in [0.15, 0.2) is 46.6 Å². The summed E-state index contributed by atoms with van der Waals surface area (Å²) in [4.78, 5) is 0. The highest BCUT2D eigenvalue weighted by Gasteiger charge is 2.35. The second kappa shape index (κ2) is 11.5. The van der Waals surface area contributed by atoms with Gasteiger partial charge in [0, 0.05) is 12.8 Å². The highest BCUT2D eigenvalue weighted by atomic mass is 19.1. The van der Waals surface area contributed by atoms with Crippen LogP contribution in [0.2, 0.25) is 0 Å². The third-order valence-corrected chi connectivity index (χ3v) is 10.7. The maximum atomic E-state index is 15.3. The molecular weight excluding hydrogens is 434 g/mol. The Kier molecular flexibility index (Phi) is 8.35. The second-order valence-electron chi connectivity index (χ2n) is 12.8. The first-order chi connectivity index (χ1) is 17.0. The first-order valence-electron chi connectivity index (χ1n) is 15.1. The Morgan fingerprint density at radius 3 is 1.40 bits per heavy atom. The van der Waals surface area contributed by atoms with Crippen LogP contribution in [0.1, 0.15) is 110 Å². The van der Waals surface area contributed by atoms with Gasteiger partial charge in [-0.05, 0) is 111 Å². The zero-order valence-corrected chi connectivity index (χ0v) is 22.3. The van der Waals surface area contributed by atoms with Gasteiger partial charge < -0.3 is 0 Å². The molecule has 5 aliphatic rings. The van der Waals surface area contributed by atoms with Gasteiger partial charge in [-0.3, -0.25) is 0 Å². The summed E-state index contributed by atoms with van der Waals surface area (Å²) in [7, 11) is 0. The molecule has 0 aromatic heterocycles. The number of halogens is 2. The van der Waals surface area contributed by atoms with Gasteiger partial charge in [-0.2, -0.15) is 0 Å². The fourth-order valence-electron chi connectivity index (χ4n) is 8.12. The molecule has 35 heavy (non-hydrogen) atoms. The molecule has 0 aromatic carbocycles. The van der Waals surface area contributed by atoms with E-state index in [4.69, 9.17) is 0 Å². The van der Waals surface area contributed by atoms with E-state index in [2.05, 4.69) is 38.2 Å². The smallest absolute Gasteiger partial charge is 0.125 e. The predicted octanol–water partition coefficient (Wildman–Crippen LogP) is 10.0. The molecule has 0 heterocycles. The molecule has 0 aromatic rings. The first kappa shape index (κ1) is 25.5. The number of rotatable bonds is 5. The molecule has 0 saturated heterocycles. The van der Waals surface area contributed by atoms with E-state index in [1.807, 2.05) is 0 Å². The van der Waals surface area contributed by atoms with Crippen LogP contribution in [-0.4, -0.2) is 12.3 Å². The van der Waals surface area contributed by atoms with Crippen molar-refractivity contribution in [2.45, 2.75) is 123 Å². The van der Waals surface area contributed by atoms with Crippen LogP contribution < -0.4 is 0 Å². The Balaban J connectivity index is 1.15. The Morgan fingerprint density at radius 2 is 0.971 bits per heavy atom. The van der Waals surface area contributed by atoms with Crippen LogP contribution in [0.4, 0.5) is 8.78 Å². The van der Waals surface area contributed by atoms with E-state index >= 15 is 8.78 Å². The van der Waals surface area contributed by atoms with Gasteiger partial charge in [0.25, 0.3) is 0 Å². The van der Waals surface area contributed by atoms with Gasteiger partial charge in [0.05, 0.1) is 0 Å². The van der Waals surface area contributed by atoms with Crippen LogP contribution >= 0.6 is 0 Å². The number of hydrogen-bond donors (Lipinski definition) is 0. The molecule has 0 nitrogen and oxygen atoms in total. The van der Waals surface area contributed by atoms with Gasteiger partial charge in [-0.15, -0.1) is 0 Å². The van der Waals surface area contributed by atoms with E-state index in [-0.39, 0.29) is 0 Å². The fourth-order valence-corrected chi connectivity index (χ4v) is 8.12. The average Bonchev–Trinajstić information content (AvgIpc) is 2.89. The van der Waals surface area contributed by atoms with Crippen LogP contribution in [-0.2, 0) is 0 Å². The molecule has 5 aliphatic carbocycles. The molecule has 2 atom stereocenters. The first-order valence-corrected chi connectivity index (χ1v) is 15.1. The average molecular weight is 483 g/mol. The maximum absolute atomic E-state index is 15.3. The number of allylic oxidation sites excluding steroid dienone is 8. The van der Waals surface area contributed by atoms with E-state index in [0.29, 0.717) is 36.5 Å². The molecular formula is C33H48F2. The largest absolute Gasteiger partial charge is 0.242 e. The van der Waals surface area contributed by atoms with Gasteiger partial charge >= 0.3 is 0 Å². The highest BCUT2D eigenvalue weighted by Crippen LogP contribution is 2.45. The molecule has 0 spiro atoms. The molecule has 194 valence electrons. The quantitative estimate of drug-likeness (QED) is 0.366. The summed E-state index contributed by atoms with van der Waals surface area (Å²) in [5.41, 5.74) is 4.83. The predicted molar refractivity (Wildman–Crippen MR) is 144 cm³/mol. The zero-order chi connectivity index (χ0) is 24.4. The molecule has 0 N–H and O–H groups in total. The van der Waals surface area contributed by atoms with Crippen LogP contribution in [0.25, 0.3) is 0 Å².